The van der Waals surface area contributed by atoms with Gasteiger partial charge in [0.05, 0.1) is 10.8 Å². The Balaban J connectivity index is 1.66. The van der Waals surface area contributed by atoms with Gasteiger partial charge in [0.1, 0.15) is 5.82 Å². The van der Waals surface area contributed by atoms with Crippen LogP contribution < -0.4 is 5.32 Å². The standard InChI is InChI=1S/C15H15FN2OS/c16-13-6-4-12(5-7-13)8-10-17-14(19)11-20-15-3-1-2-9-18-15/h1-7,9H,8,10-11H2,(H,17,19). The van der Waals surface area contributed by atoms with Gasteiger partial charge >= 0.3 is 0 Å². The summed E-state index contributed by atoms with van der Waals surface area (Å²) in [7, 11) is 0. The van der Waals surface area contributed by atoms with Crippen LogP contribution >= 0.6 is 11.8 Å². The van der Waals surface area contributed by atoms with Gasteiger partial charge in [-0.25, -0.2) is 9.37 Å². The molecular formula is C15H15FN2OS. The number of hydrogen-bond acceptors (Lipinski definition) is 3. The van der Waals surface area contributed by atoms with Crippen molar-refractivity contribution in [3.05, 3.63) is 60.0 Å². The van der Waals surface area contributed by atoms with E-state index in [4.69, 9.17) is 0 Å². The molecule has 0 unspecified atom stereocenters. The molecule has 0 saturated carbocycles. The molecular weight excluding hydrogens is 275 g/mol. The monoisotopic (exact) mass is 290 g/mol. The molecule has 0 spiro atoms. The fourth-order valence-corrected chi connectivity index (χ4v) is 2.31. The first-order chi connectivity index (χ1) is 9.74. The lowest BCUT2D eigenvalue weighted by Crippen LogP contribution is -2.27. The normalized spacial score (nSPS) is 10.2. The average Bonchev–Trinajstić information content (AvgIpc) is 2.48. The number of aromatic nitrogens is 1. The number of nitrogens with zero attached hydrogens (tertiary/aromatic N) is 1. The number of pyridine rings is 1. The van der Waals surface area contributed by atoms with E-state index in [-0.39, 0.29) is 11.7 Å². The van der Waals surface area contributed by atoms with Crippen LogP contribution in [-0.4, -0.2) is 23.2 Å². The highest BCUT2D eigenvalue weighted by atomic mass is 32.2. The Labute approximate surface area is 121 Å². The zero-order valence-corrected chi connectivity index (χ0v) is 11.7. The lowest BCUT2D eigenvalue weighted by molar-refractivity contribution is -0.118. The predicted octanol–water partition coefficient (Wildman–Crippen LogP) is 2.67. The maximum atomic E-state index is 12.7. The lowest BCUT2D eigenvalue weighted by Gasteiger charge is -2.05. The van der Waals surface area contributed by atoms with Crippen LogP contribution in [0.1, 0.15) is 5.56 Å². The van der Waals surface area contributed by atoms with Crippen molar-refractivity contribution in [1.29, 1.82) is 0 Å². The Bertz CT molecular complexity index is 546. The molecule has 0 aliphatic heterocycles. The van der Waals surface area contributed by atoms with Crippen molar-refractivity contribution in [3.8, 4) is 0 Å². The molecule has 1 aromatic heterocycles. The van der Waals surface area contributed by atoms with Crippen LogP contribution in [0.4, 0.5) is 4.39 Å². The molecule has 2 aromatic rings. The van der Waals surface area contributed by atoms with Gasteiger partial charge in [-0.1, -0.05) is 30.0 Å². The van der Waals surface area contributed by atoms with Crippen LogP contribution in [0.3, 0.4) is 0 Å². The molecule has 0 aliphatic rings. The molecule has 2 rings (SSSR count). The summed E-state index contributed by atoms with van der Waals surface area (Å²) in [5.74, 6) is 0.0766. The third-order valence-electron chi connectivity index (χ3n) is 2.64. The number of amides is 1. The van der Waals surface area contributed by atoms with Crippen molar-refractivity contribution >= 4 is 17.7 Å². The first kappa shape index (κ1) is 14.5. The van der Waals surface area contributed by atoms with Crippen molar-refractivity contribution in [1.82, 2.24) is 10.3 Å². The van der Waals surface area contributed by atoms with Crippen LogP contribution in [0, 0.1) is 5.82 Å². The van der Waals surface area contributed by atoms with E-state index in [1.165, 1.54) is 23.9 Å². The van der Waals surface area contributed by atoms with Crippen molar-refractivity contribution < 1.29 is 9.18 Å². The lowest BCUT2D eigenvalue weighted by atomic mass is 10.1. The largest absolute Gasteiger partial charge is 0.355 e. The summed E-state index contributed by atoms with van der Waals surface area (Å²) >= 11 is 1.40. The zero-order chi connectivity index (χ0) is 14.2. The van der Waals surface area contributed by atoms with Crippen molar-refractivity contribution in [2.75, 3.05) is 12.3 Å². The zero-order valence-electron chi connectivity index (χ0n) is 10.9. The summed E-state index contributed by atoms with van der Waals surface area (Å²) in [6, 6.07) is 11.9. The molecule has 0 saturated heterocycles. The second-order valence-corrected chi connectivity index (χ2v) is 5.18. The molecule has 1 aromatic carbocycles. The van der Waals surface area contributed by atoms with Crippen molar-refractivity contribution in [2.45, 2.75) is 11.4 Å². The number of nitrogens with one attached hydrogen (secondary N) is 1. The molecule has 3 nitrogen and oxygen atoms in total. The molecule has 104 valence electrons. The fraction of sp³-hybridized carbons (Fsp3) is 0.200. The van der Waals surface area contributed by atoms with Gasteiger partial charge in [-0.05, 0) is 36.2 Å². The minimum Gasteiger partial charge on any atom is -0.355 e. The van der Waals surface area contributed by atoms with E-state index >= 15 is 0 Å². The maximum absolute atomic E-state index is 12.7. The van der Waals surface area contributed by atoms with E-state index in [1.807, 2.05) is 18.2 Å². The Kier molecular flexibility index (Phi) is 5.55. The Morgan fingerprint density at radius 1 is 1.20 bits per heavy atom. The van der Waals surface area contributed by atoms with Crippen molar-refractivity contribution in [2.24, 2.45) is 0 Å². The van der Waals surface area contributed by atoms with Crippen molar-refractivity contribution in [3.63, 3.8) is 0 Å². The van der Waals surface area contributed by atoms with Crippen LogP contribution in [-0.2, 0) is 11.2 Å². The van der Waals surface area contributed by atoms with Gasteiger partial charge in [0.15, 0.2) is 0 Å². The Hall–Kier alpha value is -1.88. The van der Waals surface area contributed by atoms with Gasteiger partial charge in [-0.3, -0.25) is 4.79 Å². The fourth-order valence-electron chi connectivity index (χ4n) is 1.62. The summed E-state index contributed by atoms with van der Waals surface area (Å²) in [4.78, 5) is 15.8. The number of rotatable bonds is 6. The van der Waals surface area contributed by atoms with E-state index in [1.54, 1.807) is 18.3 Å². The molecule has 0 aliphatic carbocycles. The number of halogens is 1. The summed E-state index contributed by atoms with van der Waals surface area (Å²) in [5, 5.41) is 3.67. The van der Waals surface area contributed by atoms with Gasteiger partial charge in [-0.2, -0.15) is 0 Å². The quantitative estimate of drug-likeness (QED) is 0.832. The highest BCUT2D eigenvalue weighted by Gasteiger charge is 2.03. The highest BCUT2D eigenvalue weighted by molar-refractivity contribution is 7.99. The Morgan fingerprint density at radius 2 is 2.00 bits per heavy atom. The third-order valence-corrected chi connectivity index (χ3v) is 3.58. The number of benzene rings is 1. The molecule has 1 heterocycles. The number of hydrogen-bond donors (Lipinski definition) is 1. The van der Waals surface area contributed by atoms with Gasteiger partial charge in [-0.15, -0.1) is 0 Å². The molecule has 1 N–H and O–H groups in total. The number of carbonyl (C=O) groups excluding carboxylic acids is 1. The maximum Gasteiger partial charge on any atom is 0.230 e. The van der Waals surface area contributed by atoms with E-state index in [9.17, 15) is 9.18 Å². The summed E-state index contributed by atoms with van der Waals surface area (Å²) in [5.41, 5.74) is 1.00. The van der Waals surface area contributed by atoms with Gasteiger partial charge in [0.2, 0.25) is 5.91 Å². The molecule has 20 heavy (non-hydrogen) atoms. The number of thioether (sulfide) groups is 1. The molecule has 5 heteroatoms. The predicted molar refractivity (Wildman–Crippen MR) is 78.1 cm³/mol. The smallest absolute Gasteiger partial charge is 0.230 e. The minimum atomic E-state index is -0.246. The van der Waals surface area contributed by atoms with E-state index in [0.717, 1.165) is 10.6 Å². The molecule has 0 radical (unpaired) electrons. The minimum absolute atomic E-state index is 0.0252. The molecule has 0 atom stereocenters. The summed E-state index contributed by atoms with van der Waals surface area (Å²) < 4.78 is 12.7. The Morgan fingerprint density at radius 3 is 2.70 bits per heavy atom. The number of carbonyl (C=O) groups is 1. The van der Waals surface area contributed by atoms with E-state index in [0.29, 0.717) is 18.7 Å². The van der Waals surface area contributed by atoms with Crippen LogP contribution in [0.2, 0.25) is 0 Å². The topological polar surface area (TPSA) is 42.0 Å². The first-order valence-corrected chi connectivity index (χ1v) is 7.27. The molecule has 0 fully saturated rings. The second-order valence-electron chi connectivity index (χ2n) is 4.18. The van der Waals surface area contributed by atoms with Gasteiger partial charge in [0, 0.05) is 12.7 Å². The van der Waals surface area contributed by atoms with Crippen LogP contribution in [0.25, 0.3) is 0 Å². The summed E-state index contributed by atoms with van der Waals surface area (Å²) in [6.45, 7) is 0.549. The highest BCUT2D eigenvalue weighted by Crippen LogP contribution is 2.12. The van der Waals surface area contributed by atoms with Crippen LogP contribution in [0.5, 0.6) is 0 Å². The van der Waals surface area contributed by atoms with E-state index in [2.05, 4.69) is 10.3 Å². The first-order valence-electron chi connectivity index (χ1n) is 6.29. The SMILES string of the molecule is O=C(CSc1ccccn1)NCCc1ccc(F)cc1. The van der Waals surface area contributed by atoms with Crippen LogP contribution in [0.15, 0.2) is 53.7 Å². The second kappa shape index (κ2) is 7.65. The third kappa shape index (κ3) is 5.01. The summed E-state index contributed by atoms with van der Waals surface area (Å²) in [6.07, 6.45) is 2.40. The van der Waals surface area contributed by atoms with Gasteiger partial charge in [0.25, 0.3) is 0 Å². The van der Waals surface area contributed by atoms with Gasteiger partial charge < -0.3 is 5.32 Å². The van der Waals surface area contributed by atoms with E-state index < -0.39 is 0 Å². The average molecular weight is 290 g/mol. The molecule has 1 amide bonds. The molecule has 0 bridgehead atoms.